The first-order chi connectivity index (χ1) is 13.5. The van der Waals surface area contributed by atoms with Gasteiger partial charge < -0.3 is 10.2 Å². The number of nitrogens with zero attached hydrogens (tertiary/aromatic N) is 3. The molecule has 0 aromatic carbocycles. The monoisotopic (exact) mass is 391 g/mol. The van der Waals surface area contributed by atoms with E-state index in [0.29, 0.717) is 12.5 Å². The van der Waals surface area contributed by atoms with Gasteiger partial charge >= 0.3 is 0 Å². The number of piperidine rings is 1. The SMILES string of the molecule is O=C(CCc1[nH]nc2ccnc(NC3CCCCC3)c12)N1CCC(F)(F)CC1. The molecule has 1 aliphatic carbocycles. The molecule has 0 spiro atoms. The van der Waals surface area contributed by atoms with Crippen molar-refractivity contribution in [3.63, 3.8) is 0 Å². The molecule has 1 aliphatic heterocycles. The second-order valence-corrected chi connectivity index (χ2v) is 7.97. The van der Waals surface area contributed by atoms with Crippen molar-refractivity contribution in [3.8, 4) is 0 Å². The van der Waals surface area contributed by atoms with Crippen molar-refractivity contribution in [1.82, 2.24) is 20.1 Å². The van der Waals surface area contributed by atoms with Crippen LogP contribution >= 0.6 is 0 Å². The molecule has 6 nitrogen and oxygen atoms in total. The molecule has 0 unspecified atom stereocenters. The Bertz CT molecular complexity index is 821. The Morgan fingerprint density at radius 2 is 2.00 bits per heavy atom. The summed E-state index contributed by atoms with van der Waals surface area (Å²) in [7, 11) is 0. The van der Waals surface area contributed by atoms with Crippen molar-refractivity contribution in [2.45, 2.75) is 69.8 Å². The number of halogens is 2. The van der Waals surface area contributed by atoms with E-state index in [9.17, 15) is 13.6 Å². The van der Waals surface area contributed by atoms with Crippen molar-refractivity contribution < 1.29 is 13.6 Å². The van der Waals surface area contributed by atoms with E-state index in [1.165, 1.54) is 19.3 Å². The molecule has 28 heavy (non-hydrogen) atoms. The predicted octanol–water partition coefficient (Wildman–Crippen LogP) is 3.89. The lowest BCUT2D eigenvalue weighted by molar-refractivity contribution is -0.137. The summed E-state index contributed by atoms with van der Waals surface area (Å²) >= 11 is 0. The van der Waals surface area contributed by atoms with Crippen LogP contribution in [0.2, 0.25) is 0 Å². The molecule has 3 heterocycles. The number of rotatable bonds is 5. The van der Waals surface area contributed by atoms with Crippen molar-refractivity contribution in [3.05, 3.63) is 18.0 Å². The summed E-state index contributed by atoms with van der Waals surface area (Å²) in [6.45, 7) is 0.261. The third kappa shape index (κ3) is 4.25. The molecule has 1 saturated heterocycles. The van der Waals surface area contributed by atoms with Crippen molar-refractivity contribution in [2.75, 3.05) is 18.4 Å². The Morgan fingerprint density at radius 3 is 2.75 bits per heavy atom. The van der Waals surface area contributed by atoms with Crippen LogP contribution in [-0.2, 0) is 11.2 Å². The van der Waals surface area contributed by atoms with Gasteiger partial charge in [-0.1, -0.05) is 19.3 Å². The lowest BCUT2D eigenvalue weighted by atomic mass is 9.95. The zero-order chi connectivity index (χ0) is 19.6. The number of aromatic amines is 1. The highest BCUT2D eigenvalue weighted by atomic mass is 19.3. The van der Waals surface area contributed by atoms with E-state index in [1.54, 1.807) is 11.1 Å². The van der Waals surface area contributed by atoms with Crippen LogP contribution in [-0.4, -0.2) is 51.0 Å². The number of anilines is 1. The van der Waals surface area contributed by atoms with Crippen molar-refractivity contribution >= 4 is 22.6 Å². The number of likely N-dealkylation sites (tertiary alicyclic amines) is 1. The van der Waals surface area contributed by atoms with Crippen LogP contribution in [0, 0.1) is 0 Å². The maximum absolute atomic E-state index is 13.3. The first-order valence-corrected chi connectivity index (χ1v) is 10.3. The van der Waals surface area contributed by atoms with E-state index in [4.69, 9.17) is 0 Å². The summed E-state index contributed by atoms with van der Waals surface area (Å²) in [5.41, 5.74) is 1.70. The highest BCUT2D eigenvalue weighted by molar-refractivity contribution is 5.92. The van der Waals surface area contributed by atoms with E-state index < -0.39 is 5.92 Å². The topological polar surface area (TPSA) is 73.9 Å². The van der Waals surface area contributed by atoms with E-state index in [1.807, 2.05) is 6.07 Å². The summed E-state index contributed by atoms with van der Waals surface area (Å²) in [4.78, 5) is 18.5. The van der Waals surface area contributed by atoms with Gasteiger partial charge in [-0.15, -0.1) is 0 Å². The molecule has 2 N–H and O–H groups in total. The maximum atomic E-state index is 13.3. The van der Waals surface area contributed by atoms with E-state index >= 15 is 0 Å². The smallest absolute Gasteiger partial charge is 0.251 e. The van der Waals surface area contributed by atoms with Gasteiger partial charge in [0.05, 0.1) is 10.9 Å². The van der Waals surface area contributed by atoms with Gasteiger partial charge in [-0.05, 0) is 25.3 Å². The van der Waals surface area contributed by atoms with Gasteiger partial charge in [0.1, 0.15) is 5.82 Å². The zero-order valence-corrected chi connectivity index (χ0v) is 16.0. The minimum atomic E-state index is -2.64. The largest absolute Gasteiger partial charge is 0.367 e. The number of fused-ring (bicyclic) bond motifs is 1. The van der Waals surface area contributed by atoms with Crippen LogP contribution in [0.3, 0.4) is 0 Å². The number of carbonyl (C=O) groups excluding carboxylic acids is 1. The average Bonchev–Trinajstić information content (AvgIpc) is 3.11. The number of carbonyl (C=O) groups is 1. The molecule has 2 aromatic heterocycles. The van der Waals surface area contributed by atoms with Crippen LogP contribution in [0.5, 0.6) is 0 Å². The number of alkyl halides is 2. The van der Waals surface area contributed by atoms with Crippen LogP contribution in [0.1, 0.15) is 57.1 Å². The van der Waals surface area contributed by atoms with Crippen molar-refractivity contribution in [1.29, 1.82) is 0 Å². The summed E-state index contributed by atoms with van der Waals surface area (Å²) in [5.74, 6) is -1.90. The second kappa shape index (κ2) is 8.01. The molecular formula is C20H27F2N5O. The average molecular weight is 391 g/mol. The Balaban J connectivity index is 1.43. The number of hydrogen-bond acceptors (Lipinski definition) is 4. The first-order valence-electron chi connectivity index (χ1n) is 10.3. The highest BCUT2D eigenvalue weighted by Gasteiger charge is 2.35. The van der Waals surface area contributed by atoms with Crippen LogP contribution in [0.15, 0.2) is 12.3 Å². The van der Waals surface area contributed by atoms with Gasteiger partial charge in [0.2, 0.25) is 5.91 Å². The fraction of sp³-hybridized carbons (Fsp3) is 0.650. The van der Waals surface area contributed by atoms with E-state index in [2.05, 4.69) is 20.5 Å². The minimum Gasteiger partial charge on any atom is -0.367 e. The Kier molecular flexibility index (Phi) is 5.46. The summed E-state index contributed by atoms with van der Waals surface area (Å²) in [6.07, 6.45) is 8.07. The summed E-state index contributed by atoms with van der Waals surface area (Å²) in [5, 5.41) is 11.9. The van der Waals surface area contributed by atoms with Gasteiger partial charge in [0, 0.05) is 50.3 Å². The Hall–Kier alpha value is -2.25. The van der Waals surface area contributed by atoms with Crippen LogP contribution in [0.4, 0.5) is 14.6 Å². The summed E-state index contributed by atoms with van der Waals surface area (Å²) < 4.78 is 26.6. The number of nitrogens with one attached hydrogen (secondary N) is 2. The predicted molar refractivity (Wildman–Crippen MR) is 103 cm³/mol. The molecule has 152 valence electrons. The zero-order valence-electron chi connectivity index (χ0n) is 16.0. The standard InChI is InChI=1S/C20H27F2N5O/c21-20(22)9-12-27(13-10-20)17(28)7-6-15-18-16(26-25-15)8-11-23-19(18)24-14-4-2-1-3-5-14/h8,11,14H,1-7,9-10,12-13H2,(H,23,24)(H,25,26). The number of pyridine rings is 1. The van der Waals surface area contributed by atoms with Gasteiger partial charge in [-0.2, -0.15) is 5.10 Å². The van der Waals surface area contributed by atoms with E-state index in [-0.39, 0.29) is 38.3 Å². The molecule has 1 amide bonds. The molecule has 8 heteroatoms. The fourth-order valence-electron chi connectivity index (χ4n) is 4.23. The third-order valence-corrected chi connectivity index (χ3v) is 5.92. The second-order valence-electron chi connectivity index (χ2n) is 7.97. The first kappa shape index (κ1) is 19.1. The van der Waals surface area contributed by atoms with Crippen LogP contribution in [0.25, 0.3) is 10.9 Å². The lowest BCUT2D eigenvalue weighted by Gasteiger charge is -2.31. The molecule has 2 aromatic rings. The molecular weight excluding hydrogens is 364 g/mol. The molecule has 2 fully saturated rings. The number of hydrogen-bond donors (Lipinski definition) is 2. The molecule has 0 bridgehead atoms. The normalized spacial score (nSPS) is 20.4. The van der Waals surface area contributed by atoms with Gasteiger partial charge in [-0.3, -0.25) is 9.89 Å². The number of H-pyrrole nitrogens is 1. The quantitative estimate of drug-likeness (QED) is 0.811. The van der Waals surface area contributed by atoms with Gasteiger partial charge in [-0.25, -0.2) is 13.8 Å². The molecule has 2 aliphatic rings. The molecule has 0 atom stereocenters. The number of amides is 1. The number of aromatic nitrogens is 3. The molecule has 1 saturated carbocycles. The molecule has 4 rings (SSSR count). The fourth-order valence-corrected chi connectivity index (χ4v) is 4.23. The minimum absolute atomic E-state index is 0.0797. The van der Waals surface area contributed by atoms with Gasteiger partial charge in [0.25, 0.3) is 5.92 Å². The third-order valence-electron chi connectivity index (χ3n) is 5.92. The Morgan fingerprint density at radius 1 is 1.25 bits per heavy atom. The lowest BCUT2D eigenvalue weighted by Crippen LogP contribution is -2.42. The number of aryl methyl sites for hydroxylation is 1. The molecule has 0 radical (unpaired) electrons. The van der Waals surface area contributed by atoms with E-state index in [0.717, 1.165) is 35.3 Å². The maximum Gasteiger partial charge on any atom is 0.251 e. The van der Waals surface area contributed by atoms with Gasteiger partial charge in [0.15, 0.2) is 0 Å². The Labute approximate surface area is 163 Å². The van der Waals surface area contributed by atoms with Crippen LogP contribution < -0.4 is 5.32 Å². The highest BCUT2D eigenvalue weighted by Crippen LogP contribution is 2.29. The summed E-state index contributed by atoms with van der Waals surface area (Å²) in [6, 6.07) is 2.28. The van der Waals surface area contributed by atoms with Crippen molar-refractivity contribution in [2.24, 2.45) is 0 Å².